The van der Waals surface area contributed by atoms with Gasteiger partial charge in [-0.05, 0) is 35.4 Å². The summed E-state index contributed by atoms with van der Waals surface area (Å²) in [6.07, 6.45) is 3.72. The van der Waals surface area contributed by atoms with Crippen LogP contribution in [0.25, 0.3) is 0 Å². The van der Waals surface area contributed by atoms with Gasteiger partial charge in [0, 0.05) is 43.6 Å². The van der Waals surface area contributed by atoms with E-state index in [1.165, 1.54) is 11.1 Å². The zero-order valence-corrected chi connectivity index (χ0v) is 12.1. The van der Waals surface area contributed by atoms with Crippen LogP contribution < -0.4 is 5.32 Å². The lowest BCUT2D eigenvalue weighted by Gasteiger charge is -2.35. The molecule has 4 heteroatoms. The van der Waals surface area contributed by atoms with Crippen molar-refractivity contribution >= 4 is 11.6 Å². The van der Waals surface area contributed by atoms with Gasteiger partial charge in [-0.3, -0.25) is 9.88 Å². The molecule has 1 aromatic heterocycles. The van der Waals surface area contributed by atoms with Crippen molar-refractivity contribution in [3.05, 3.63) is 64.9 Å². The Morgan fingerprint density at radius 2 is 1.55 bits per heavy atom. The van der Waals surface area contributed by atoms with Crippen molar-refractivity contribution in [2.24, 2.45) is 0 Å². The van der Waals surface area contributed by atoms with Gasteiger partial charge in [0.15, 0.2) is 0 Å². The molecule has 1 fully saturated rings. The summed E-state index contributed by atoms with van der Waals surface area (Å²) in [5.74, 6) is 0. The van der Waals surface area contributed by atoms with Crippen LogP contribution in [0.4, 0.5) is 0 Å². The fraction of sp³-hybridized carbons (Fsp3) is 0.312. The first-order valence-corrected chi connectivity index (χ1v) is 7.32. The lowest BCUT2D eigenvalue weighted by molar-refractivity contribution is 0.198. The molecule has 1 unspecified atom stereocenters. The molecule has 1 aliphatic heterocycles. The summed E-state index contributed by atoms with van der Waals surface area (Å²) >= 11 is 6.01. The third-order valence-corrected chi connectivity index (χ3v) is 3.98. The van der Waals surface area contributed by atoms with Gasteiger partial charge in [0.05, 0.1) is 6.04 Å². The molecule has 0 bridgehead atoms. The molecule has 1 saturated heterocycles. The molecule has 1 aliphatic rings. The highest BCUT2D eigenvalue weighted by atomic mass is 35.5. The molecule has 104 valence electrons. The molecule has 0 aliphatic carbocycles. The maximum Gasteiger partial charge on any atom is 0.0603 e. The second-order valence-electron chi connectivity index (χ2n) is 5.02. The van der Waals surface area contributed by atoms with Gasteiger partial charge in [0.1, 0.15) is 0 Å². The molecule has 1 aromatic carbocycles. The van der Waals surface area contributed by atoms with E-state index >= 15 is 0 Å². The van der Waals surface area contributed by atoms with Crippen LogP contribution >= 0.6 is 11.6 Å². The summed E-state index contributed by atoms with van der Waals surface area (Å²) in [6.45, 7) is 4.18. The molecule has 0 radical (unpaired) electrons. The number of halogens is 1. The Balaban J connectivity index is 1.96. The van der Waals surface area contributed by atoms with Gasteiger partial charge in [-0.2, -0.15) is 0 Å². The van der Waals surface area contributed by atoms with Gasteiger partial charge in [0.25, 0.3) is 0 Å². The van der Waals surface area contributed by atoms with Crippen LogP contribution in [0.15, 0.2) is 48.8 Å². The Hall–Kier alpha value is -1.42. The quantitative estimate of drug-likeness (QED) is 0.941. The molecule has 3 rings (SSSR count). The summed E-state index contributed by atoms with van der Waals surface area (Å²) in [4.78, 5) is 6.64. The van der Waals surface area contributed by atoms with Crippen LogP contribution in [0.5, 0.6) is 0 Å². The standard InChI is InChI=1S/C16H18ClN3/c17-15-3-1-13(2-4-15)16(14-5-7-18-8-6-14)20-11-9-19-10-12-20/h1-8,16,19H,9-12H2. The van der Waals surface area contributed by atoms with Crippen LogP contribution in [-0.4, -0.2) is 36.1 Å². The van der Waals surface area contributed by atoms with Gasteiger partial charge in [-0.15, -0.1) is 0 Å². The van der Waals surface area contributed by atoms with E-state index in [0.29, 0.717) is 0 Å². The van der Waals surface area contributed by atoms with Crippen LogP contribution in [-0.2, 0) is 0 Å². The van der Waals surface area contributed by atoms with Gasteiger partial charge >= 0.3 is 0 Å². The first-order valence-electron chi connectivity index (χ1n) is 6.95. The minimum absolute atomic E-state index is 0.275. The largest absolute Gasteiger partial charge is 0.314 e. The molecule has 20 heavy (non-hydrogen) atoms. The Bertz CT molecular complexity index is 535. The van der Waals surface area contributed by atoms with Gasteiger partial charge in [0.2, 0.25) is 0 Å². The SMILES string of the molecule is Clc1ccc(C(c2ccncc2)N2CCNCC2)cc1. The maximum atomic E-state index is 6.01. The van der Waals surface area contributed by atoms with Crippen LogP contribution in [0.3, 0.4) is 0 Å². The van der Waals surface area contributed by atoms with Gasteiger partial charge in [-0.1, -0.05) is 23.7 Å². The van der Waals surface area contributed by atoms with E-state index < -0.39 is 0 Å². The molecule has 2 heterocycles. The first-order chi connectivity index (χ1) is 9.84. The monoisotopic (exact) mass is 287 g/mol. The number of benzene rings is 1. The zero-order valence-electron chi connectivity index (χ0n) is 11.3. The van der Waals surface area contributed by atoms with Crippen LogP contribution in [0.1, 0.15) is 17.2 Å². The number of aromatic nitrogens is 1. The van der Waals surface area contributed by atoms with Crippen molar-refractivity contribution in [2.45, 2.75) is 6.04 Å². The molecular weight excluding hydrogens is 270 g/mol. The van der Waals surface area contributed by atoms with E-state index in [1.807, 2.05) is 24.5 Å². The number of nitrogens with zero attached hydrogens (tertiary/aromatic N) is 2. The third-order valence-electron chi connectivity index (χ3n) is 3.72. The Morgan fingerprint density at radius 3 is 2.20 bits per heavy atom. The molecule has 0 amide bonds. The number of rotatable bonds is 3. The van der Waals surface area contributed by atoms with Crippen molar-refractivity contribution in [2.75, 3.05) is 26.2 Å². The van der Waals surface area contributed by atoms with E-state index in [4.69, 9.17) is 11.6 Å². The van der Waals surface area contributed by atoms with E-state index in [0.717, 1.165) is 31.2 Å². The zero-order chi connectivity index (χ0) is 13.8. The van der Waals surface area contributed by atoms with Crippen molar-refractivity contribution in [3.63, 3.8) is 0 Å². The van der Waals surface area contributed by atoms with E-state index in [9.17, 15) is 0 Å². The second kappa shape index (κ2) is 6.35. The lowest BCUT2D eigenvalue weighted by atomic mass is 9.97. The van der Waals surface area contributed by atoms with Gasteiger partial charge < -0.3 is 5.32 Å². The average molecular weight is 288 g/mol. The summed E-state index contributed by atoms with van der Waals surface area (Å²) in [5.41, 5.74) is 2.56. The lowest BCUT2D eigenvalue weighted by Crippen LogP contribution is -2.45. The Morgan fingerprint density at radius 1 is 0.950 bits per heavy atom. The van der Waals surface area contributed by atoms with Crippen LogP contribution in [0.2, 0.25) is 5.02 Å². The van der Waals surface area contributed by atoms with E-state index in [-0.39, 0.29) is 6.04 Å². The normalized spacial score (nSPS) is 17.9. The molecule has 3 nitrogen and oxygen atoms in total. The smallest absolute Gasteiger partial charge is 0.0603 e. The average Bonchev–Trinajstić information content (AvgIpc) is 2.52. The molecular formula is C16H18ClN3. The predicted octanol–water partition coefficient (Wildman–Crippen LogP) is 2.73. The minimum atomic E-state index is 0.275. The summed E-state index contributed by atoms with van der Waals surface area (Å²) in [7, 11) is 0. The number of hydrogen-bond acceptors (Lipinski definition) is 3. The minimum Gasteiger partial charge on any atom is -0.314 e. The molecule has 1 N–H and O–H groups in total. The van der Waals surface area contributed by atoms with Crippen molar-refractivity contribution in [1.29, 1.82) is 0 Å². The second-order valence-corrected chi connectivity index (χ2v) is 5.46. The highest BCUT2D eigenvalue weighted by Gasteiger charge is 2.23. The maximum absolute atomic E-state index is 6.01. The summed E-state index contributed by atoms with van der Waals surface area (Å²) < 4.78 is 0. The molecule has 0 spiro atoms. The predicted molar refractivity (Wildman–Crippen MR) is 82.0 cm³/mol. The van der Waals surface area contributed by atoms with Crippen molar-refractivity contribution < 1.29 is 0 Å². The number of hydrogen-bond donors (Lipinski definition) is 1. The van der Waals surface area contributed by atoms with Crippen molar-refractivity contribution in [3.8, 4) is 0 Å². The fourth-order valence-electron chi connectivity index (χ4n) is 2.75. The Labute approximate surface area is 124 Å². The topological polar surface area (TPSA) is 28.2 Å². The number of nitrogens with one attached hydrogen (secondary N) is 1. The molecule has 2 aromatic rings. The number of piperazine rings is 1. The summed E-state index contributed by atoms with van der Waals surface area (Å²) in [5, 5.41) is 4.19. The summed E-state index contributed by atoms with van der Waals surface area (Å²) in [6, 6.07) is 12.6. The van der Waals surface area contributed by atoms with Crippen molar-refractivity contribution in [1.82, 2.24) is 15.2 Å². The molecule has 0 saturated carbocycles. The highest BCUT2D eigenvalue weighted by Crippen LogP contribution is 2.29. The Kier molecular flexibility index (Phi) is 4.31. The van der Waals surface area contributed by atoms with E-state index in [2.05, 4.69) is 39.5 Å². The van der Waals surface area contributed by atoms with Gasteiger partial charge in [-0.25, -0.2) is 0 Å². The first kappa shape index (κ1) is 13.6. The fourth-order valence-corrected chi connectivity index (χ4v) is 2.87. The molecule has 1 atom stereocenters. The number of pyridine rings is 1. The van der Waals surface area contributed by atoms with Crippen LogP contribution in [0, 0.1) is 0 Å². The third kappa shape index (κ3) is 3.01. The van der Waals surface area contributed by atoms with E-state index in [1.54, 1.807) is 0 Å². The highest BCUT2D eigenvalue weighted by molar-refractivity contribution is 6.30.